The number of nitrogens with one attached hydrogen (secondary N) is 1. The Hall–Kier alpha value is -2.50. The van der Waals surface area contributed by atoms with Gasteiger partial charge in [-0.2, -0.15) is 0 Å². The molecule has 124 valence electrons. The second-order valence-corrected chi connectivity index (χ2v) is 6.23. The van der Waals surface area contributed by atoms with Crippen molar-refractivity contribution < 1.29 is 18.8 Å². The molecule has 0 aliphatic rings. The highest BCUT2D eigenvalue weighted by Crippen LogP contribution is 2.32. The number of amides is 1. The molecule has 0 saturated carbocycles. The molecule has 2 aromatic rings. The van der Waals surface area contributed by atoms with Crippen molar-refractivity contribution in [1.29, 1.82) is 0 Å². The maximum Gasteiger partial charge on any atom is 0.226 e. The first-order valence-electron chi connectivity index (χ1n) is 7.31. The molecule has 23 heavy (non-hydrogen) atoms. The van der Waals surface area contributed by atoms with E-state index in [0.29, 0.717) is 23.0 Å². The van der Waals surface area contributed by atoms with Crippen LogP contribution in [0.1, 0.15) is 26.5 Å². The number of rotatable bonds is 5. The molecule has 1 N–H and O–H groups in total. The van der Waals surface area contributed by atoms with Crippen molar-refractivity contribution in [3.63, 3.8) is 0 Å². The lowest BCUT2D eigenvalue weighted by Crippen LogP contribution is -2.41. The predicted octanol–water partition coefficient (Wildman–Crippen LogP) is 2.82. The number of carbonyl (C=O) groups excluding carboxylic acids is 1. The number of ether oxygens (including phenoxy) is 2. The maximum absolute atomic E-state index is 11.9. The third kappa shape index (κ3) is 4.48. The zero-order chi connectivity index (χ0) is 17.0. The van der Waals surface area contributed by atoms with Gasteiger partial charge in [0.2, 0.25) is 5.91 Å². The fourth-order valence-corrected chi connectivity index (χ4v) is 2.15. The van der Waals surface area contributed by atoms with Crippen LogP contribution in [0.3, 0.4) is 0 Å². The van der Waals surface area contributed by atoms with Crippen LogP contribution in [0.25, 0.3) is 11.3 Å². The summed E-state index contributed by atoms with van der Waals surface area (Å²) in [6.45, 7) is 5.80. The molecule has 0 radical (unpaired) electrons. The highest BCUT2D eigenvalue weighted by atomic mass is 16.5. The zero-order valence-corrected chi connectivity index (χ0v) is 14.1. The Labute approximate surface area is 135 Å². The van der Waals surface area contributed by atoms with Gasteiger partial charge in [-0.05, 0) is 39.0 Å². The van der Waals surface area contributed by atoms with Crippen LogP contribution in [0.2, 0.25) is 0 Å². The van der Waals surface area contributed by atoms with Crippen LogP contribution in [0.4, 0.5) is 0 Å². The van der Waals surface area contributed by atoms with Gasteiger partial charge in [0.05, 0.1) is 26.3 Å². The molecular formula is C17H22N2O4. The lowest BCUT2D eigenvalue weighted by atomic mass is 10.1. The molecule has 6 nitrogen and oxygen atoms in total. The number of carbonyl (C=O) groups is 1. The van der Waals surface area contributed by atoms with Crippen molar-refractivity contribution >= 4 is 5.91 Å². The van der Waals surface area contributed by atoms with Gasteiger partial charge in [0, 0.05) is 17.2 Å². The van der Waals surface area contributed by atoms with E-state index in [1.165, 1.54) is 0 Å². The predicted molar refractivity (Wildman–Crippen MR) is 86.6 cm³/mol. The molecule has 0 aliphatic carbocycles. The van der Waals surface area contributed by atoms with Gasteiger partial charge in [-0.1, -0.05) is 5.16 Å². The average molecular weight is 318 g/mol. The highest BCUT2D eigenvalue weighted by molar-refractivity contribution is 5.79. The van der Waals surface area contributed by atoms with Gasteiger partial charge >= 0.3 is 0 Å². The number of nitrogens with zero attached hydrogens (tertiary/aromatic N) is 1. The van der Waals surface area contributed by atoms with Gasteiger partial charge in [-0.15, -0.1) is 0 Å². The SMILES string of the molecule is COc1ccc(-c2cc(CC(=O)NC(C)(C)C)no2)cc1OC. The summed E-state index contributed by atoms with van der Waals surface area (Å²) >= 11 is 0. The molecule has 0 saturated heterocycles. The number of benzene rings is 1. The minimum absolute atomic E-state index is 0.0929. The first kappa shape index (κ1) is 16.9. The molecule has 1 aromatic carbocycles. The van der Waals surface area contributed by atoms with Gasteiger partial charge in [-0.25, -0.2) is 0 Å². The average Bonchev–Trinajstić information content (AvgIpc) is 2.92. The molecule has 0 atom stereocenters. The summed E-state index contributed by atoms with van der Waals surface area (Å²) in [6, 6.07) is 7.20. The van der Waals surface area contributed by atoms with Crippen LogP contribution in [-0.4, -0.2) is 30.8 Å². The largest absolute Gasteiger partial charge is 0.493 e. The second kappa shape index (κ2) is 6.73. The minimum Gasteiger partial charge on any atom is -0.493 e. The van der Waals surface area contributed by atoms with E-state index in [0.717, 1.165) is 5.56 Å². The summed E-state index contributed by atoms with van der Waals surface area (Å²) < 4.78 is 15.8. The summed E-state index contributed by atoms with van der Waals surface area (Å²) in [5.41, 5.74) is 1.11. The second-order valence-electron chi connectivity index (χ2n) is 6.23. The smallest absolute Gasteiger partial charge is 0.226 e. The number of aromatic nitrogens is 1. The third-order valence-electron chi connectivity index (χ3n) is 3.08. The molecular weight excluding hydrogens is 296 g/mol. The molecule has 0 unspecified atom stereocenters. The van der Waals surface area contributed by atoms with Gasteiger partial charge in [0.15, 0.2) is 17.3 Å². The molecule has 0 aliphatic heterocycles. The van der Waals surface area contributed by atoms with E-state index in [-0.39, 0.29) is 17.9 Å². The highest BCUT2D eigenvalue weighted by Gasteiger charge is 2.17. The van der Waals surface area contributed by atoms with Gasteiger partial charge in [0.1, 0.15) is 0 Å². The van der Waals surface area contributed by atoms with Gasteiger partial charge in [-0.3, -0.25) is 4.79 Å². The van der Waals surface area contributed by atoms with Crippen LogP contribution in [0.15, 0.2) is 28.8 Å². The Kier molecular flexibility index (Phi) is 4.93. The summed E-state index contributed by atoms with van der Waals surface area (Å²) in [6.07, 6.45) is 0.175. The van der Waals surface area contributed by atoms with Gasteiger partial charge < -0.3 is 19.3 Å². The van der Waals surface area contributed by atoms with Gasteiger partial charge in [0.25, 0.3) is 0 Å². The Bertz CT molecular complexity index is 686. The van der Waals surface area contributed by atoms with E-state index >= 15 is 0 Å². The van der Waals surface area contributed by atoms with E-state index in [4.69, 9.17) is 14.0 Å². The van der Waals surface area contributed by atoms with E-state index in [9.17, 15) is 4.79 Å². The summed E-state index contributed by atoms with van der Waals surface area (Å²) in [5, 5.41) is 6.85. The molecule has 2 rings (SSSR count). The number of hydrogen-bond donors (Lipinski definition) is 1. The fraction of sp³-hybridized carbons (Fsp3) is 0.412. The van der Waals surface area contributed by atoms with Crippen LogP contribution in [0.5, 0.6) is 11.5 Å². The number of methoxy groups -OCH3 is 2. The molecule has 1 heterocycles. The van der Waals surface area contributed by atoms with Crippen molar-refractivity contribution in [3.8, 4) is 22.8 Å². The number of hydrogen-bond acceptors (Lipinski definition) is 5. The van der Waals surface area contributed by atoms with E-state index in [1.54, 1.807) is 32.4 Å². The molecule has 0 bridgehead atoms. The van der Waals surface area contributed by atoms with E-state index in [1.807, 2.05) is 26.8 Å². The Morgan fingerprint density at radius 2 is 1.87 bits per heavy atom. The van der Waals surface area contributed by atoms with Crippen LogP contribution in [-0.2, 0) is 11.2 Å². The van der Waals surface area contributed by atoms with Crippen LogP contribution in [0, 0.1) is 0 Å². The van der Waals surface area contributed by atoms with Crippen molar-refractivity contribution in [1.82, 2.24) is 10.5 Å². The normalized spacial score (nSPS) is 11.2. The van der Waals surface area contributed by atoms with Crippen molar-refractivity contribution in [2.75, 3.05) is 14.2 Å². The Morgan fingerprint density at radius 3 is 2.48 bits per heavy atom. The first-order chi connectivity index (χ1) is 10.8. The van der Waals surface area contributed by atoms with Crippen LogP contribution >= 0.6 is 0 Å². The summed E-state index contributed by atoms with van der Waals surface area (Å²) in [5.74, 6) is 1.73. The quantitative estimate of drug-likeness (QED) is 0.917. The van der Waals surface area contributed by atoms with Crippen LogP contribution < -0.4 is 14.8 Å². The third-order valence-corrected chi connectivity index (χ3v) is 3.08. The maximum atomic E-state index is 11.9. The first-order valence-corrected chi connectivity index (χ1v) is 7.31. The van der Waals surface area contributed by atoms with E-state index < -0.39 is 0 Å². The zero-order valence-electron chi connectivity index (χ0n) is 14.1. The summed E-state index contributed by atoms with van der Waals surface area (Å²) in [4.78, 5) is 11.9. The van der Waals surface area contributed by atoms with Crippen molar-refractivity contribution in [2.45, 2.75) is 32.7 Å². The lowest BCUT2D eigenvalue weighted by Gasteiger charge is -2.19. The molecule has 1 aromatic heterocycles. The Balaban J connectivity index is 2.14. The Morgan fingerprint density at radius 1 is 1.17 bits per heavy atom. The van der Waals surface area contributed by atoms with Crippen molar-refractivity contribution in [3.05, 3.63) is 30.0 Å². The van der Waals surface area contributed by atoms with E-state index in [2.05, 4.69) is 10.5 Å². The molecule has 1 amide bonds. The lowest BCUT2D eigenvalue weighted by molar-refractivity contribution is -0.121. The topological polar surface area (TPSA) is 73.6 Å². The molecule has 6 heteroatoms. The molecule has 0 spiro atoms. The van der Waals surface area contributed by atoms with Crippen molar-refractivity contribution in [2.24, 2.45) is 0 Å². The standard InChI is InChI=1S/C17H22N2O4/c1-17(2,3)18-16(20)10-12-9-14(23-19-12)11-6-7-13(21-4)15(8-11)22-5/h6-9H,10H2,1-5H3,(H,18,20). The fourth-order valence-electron chi connectivity index (χ4n) is 2.15. The monoisotopic (exact) mass is 318 g/mol. The summed E-state index contributed by atoms with van der Waals surface area (Å²) in [7, 11) is 3.15. The minimum atomic E-state index is -0.271. The molecule has 0 fully saturated rings.